The predicted octanol–water partition coefficient (Wildman–Crippen LogP) is -2.66. The monoisotopic (exact) mass is 432 g/mol. The van der Waals surface area contributed by atoms with Crippen LogP contribution in [-0.4, -0.2) is 47.0 Å². The third kappa shape index (κ3) is 5.36. The first kappa shape index (κ1) is 27.0. The normalized spacial score (nSPS) is 14.8. The topological polar surface area (TPSA) is 110 Å². The first-order chi connectivity index (χ1) is 10.1. The Kier molecular flexibility index (Phi) is 7.98. The van der Waals surface area contributed by atoms with E-state index in [9.17, 15) is 65.8 Å². The molecule has 144 valence electrons. The number of alkyl halides is 10. The van der Waals surface area contributed by atoms with Crippen LogP contribution in [0.2, 0.25) is 0 Å². The summed E-state index contributed by atoms with van der Waals surface area (Å²) in [5, 5.41) is -3.16. The average Bonchev–Trinajstić information content (AvgIpc) is 2.22. The molecule has 0 amide bonds. The maximum atomic E-state index is 12.4. The zero-order valence-corrected chi connectivity index (χ0v) is 12.7. The van der Waals surface area contributed by atoms with Crippen LogP contribution < -0.4 is 23.9 Å². The number of rotatable bonds is 6. The van der Waals surface area contributed by atoms with Crippen molar-refractivity contribution >= 4 is 27.6 Å². The molecule has 0 N–H and O–H groups in total. The molecule has 0 aromatic carbocycles. The number of hydrogen-bond donors (Lipinski definition) is 0. The van der Waals surface area contributed by atoms with Crippen molar-refractivity contribution in [3.8, 4) is 0 Å². The van der Waals surface area contributed by atoms with E-state index in [1.165, 1.54) is 0 Å². The molecule has 0 saturated heterocycles. The molecule has 25 heavy (non-hydrogen) atoms. The summed E-state index contributed by atoms with van der Waals surface area (Å²) in [6.45, 7) is 0. The third-order valence-corrected chi connectivity index (χ3v) is 4.24. The van der Waals surface area contributed by atoms with Crippen LogP contribution in [0.4, 0.5) is 43.9 Å². The molecule has 0 aromatic heterocycles. The van der Waals surface area contributed by atoms with Gasteiger partial charge in [0.25, 0.3) is 0 Å². The second-order valence-corrected chi connectivity index (χ2v) is 6.65. The smallest absolute Gasteiger partial charge is 0.830 e. The van der Waals surface area contributed by atoms with E-state index in [1.807, 2.05) is 0 Å². The second kappa shape index (κ2) is 7.40. The van der Waals surface area contributed by atoms with Crippen LogP contribution >= 0.6 is 0 Å². The SMILES string of the molecule is O=S(=O)(OB([O-])OS(=O)(=O)C(F)(F)C(F)(F)F)C(F)(F)C(F)(F)F.[Li+]. The third-order valence-electron chi connectivity index (χ3n) is 1.70. The molecule has 0 aliphatic heterocycles. The van der Waals surface area contributed by atoms with Gasteiger partial charge in [-0.25, -0.2) is 0 Å². The van der Waals surface area contributed by atoms with E-state index < -0.39 is 50.4 Å². The second-order valence-electron chi connectivity index (χ2n) is 3.42. The Labute approximate surface area is 143 Å². The summed E-state index contributed by atoms with van der Waals surface area (Å²) in [4.78, 5) is 0. The maximum Gasteiger partial charge on any atom is 1.00 e. The van der Waals surface area contributed by atoms with E-state index in [0.717, 1.165) is 0 Å². The molecule has 0 aliphatic carbocycles. The fraction of sp³-hybridized carbons (Fsp3) is 1.00. The molecule has 0 fully saturated rings. The Morgan fingerprint density at radius 3 is 1.00 bits per heavy atom. The van der Waals surface area contributed by atoms with Gasteiger partial charge in [-0.05, 0) is 0 Å². The minimum absolute atomic E-state index is 0. The van der Waals surface area contributed by atoms with Gasteiger partial charge in [0.05, 0.1) is 0 Å². The van der Waals surface area contributed by atoms with E-state index in [2.05, 4.69) is 8.20 Å². The standard InChI is InChI=1S/C4BF10O7S2.Li/c6-1(7,8)3(12,13)23(17,18)21-5(16)22-24(19,20)4(14,15)2(9,10)11;/q-1;+1. The summed E-state index contributed by atoms with van der Waals surface area (Å²) < 4.78 is 166. The van der Waals surface area contributed by atoms with Crippen LogP contribution in [0, 0.1) is 0 Å². The van der Waals surface area contributed by atoms with Gasteiger partial charge in [-0.15, -0.1) is 0 Å². The summed E-state index contributed by atoms with van der Waals surface area (Å²) in [5.41, 5.74) is 0. The zero-order valence-electron chi connectivity index (χ0n) is 11.0. The quantitative estimate of drug-likeness (QED) is 0.333. The van der Waals surface area contributed by atoms with Crippen molar-refractivity contribution in [1.29, 1.82) is 0 Å². The predicted molar refractivity (Wildman–Crippen MR) is 47.8 cm³/mol. The van der Waals surface area contributed by atoms with Gasteiger partial charge in [0.15, 0.2) is 0 Å². The summed E-state index contributed by atoms with van der Waals surface area (Å²) in [6.07, 6.45) is -13.8. The molecule has 0 aromatic rings. The van der Waals surface area contributed by atoms with E-state index in [0.29, 0.717) is 0 Å². The van der Waals surface area contributed by atoms with Gasteiger partial charge in [-0.3, -0.25) is 0 Å². The Morgan fingerprint density at radius 2 is 0.840 bits per heavy atom. The van der Waals surface area contributed by atoms with Crippen LogP contribution in [-0.2, 0) is 28.4 Å². The van der Waals surface area contributed by atoms with Gasteiger partial charge in [0, 0.05) is 0 Å². The molecular weight excluding hydrogens is 432 g/mol. The average molecular weight is 432 g/mol. The summed E-state index contributed by atoms with van der Waals surface area (Å²) in [5.74, 6) is 0. The minimum atomic E-state index is -7.36. The Morgan fingerprint density at radius 1 is 0.640 bits per heavy atom. The zero-order chi connectivity index (χ0) is 20.0. The molecule has 0 heterocycles. The molecule has 0 saturated carbocycles. The molecule has 0 unspecified atom stereocenters. The van der Waals surface area contributed by atoms with Crippen molar-refractivity contribution in [3.05, 3.63) is 0 Å². The maximum absolute atomic E-state index is 12.4. The Bertz CT molecular complexity index is 610. The van der Waals surface area contributed by atoms with Gasteiger partial charge in [0.2, 0.25) is 0 Å². The first-order valence-corrected chi connectivity index (χ1v) is 7.32. The minimum Gasteiger partial charge on any atom is -0.830 e. The molecular formula is C4BF10LiO7S2. The van der Waals surface area contributed by atoms with Crippen molar-refractivity contribution in [3.63, 3.8) is 0 Å². The molecule has 7 nitrogen and oxygen atoms in total. The Hall–Kier alpha value is -0.258. The van der Waals surface area contributed by atoms with Crippen LogP contribution in [0.5, 0.6) is 0 Å². The molecule has 21 heteroatoms. The summed E-state index contributed by atoms with van der Waals surface area (Å²) >= 11 is 0. The molecule has 0 aliphatic rings. The van der Waals surface area contributed by atoms with E-state index in [-0.39, 0.29) is 18.9 Å². The van der Waals surface area contributed by atoms with E-state index >= 15 is 0 Å². The van der Waals surface area contributed by atoms with Crippen molar-refractivity contribution in [2.24, 2.45) is 0 Å². The molecule has 0 bridgehead atoms. The van der Waals surface area contributed by atoms with Crippen LogP contribution in [0.15, 0.2) is 0 Å². The molecule has 0 spiro atoms. The van der Waals surface area contributed by atoms with Crippen molar-refractivity contribution in [1.82, 2.24) is 0 Å². The fourth-order valence-electron chi connectivity index (χ4n) is 0.627. The summed E-state index contributed by atoms with van der Waals surface area (Å²) in [7, 11) is -19.4. The fourth-order valence-corrected chi connectivity index (χ4v) is 1.98. The summed E-state index contributed by atoms with van der Waals surface area (Å²) in [6, 6.07) is 0. The first-order valence-electron chi connectivity index (χ1n) is 4.51. The largest absolute Gasteiger partial charge is 1.00 e. The molecule has 0 atom stereocenters. The Balaban J connectivity index is 0. The number of halogens is 10. The van der Waals surface area contributed by atoms with Crippen molar-refractivity contribution in [2.75, 3.05) is 0 Å². The van der Waals surface area contributed by atoms with Crippen molar-refractivity contribution < 1.29 is 92.8 Å². The van der Waals surface area contributed by atoms with Crippen molar-refractivity contribution in [2.45, 2.75) is 22.9 Å². The molecule has 0 rings (SSSR count). The van der Waals surface area contributed by atoms with E-state index in [4.69, 9.17) is 0 Å². The van der Waals surface area contributed by atoms with Gasteiger partial charge in [0.1, 0.15) is 0 Å². The van der Waals surface area contributed by atoms with Gasteiger partial charge >= 0.3 is 69.3 Å². The van der Waals surface area contributed by atoms with E-state index in [1.54, 1.807) is 0 Å². The van der Waals surface area contributed by atoms with Crippen LogP contribution in [0.1, 0.15) is 0 Å². The van der Waals surface area contributed by atoms with Gasteiger partial charge in [-0.1, -0.05) is 0 Å². The van der Waals surface area contributed by atoms with Crippen LogP contribution in [0.25, 0.3) is 0 Å². The van der Waals surface area contributed by atoms with Crippen LogP contribution in [0.3, 0.4) is 0 Å². The van der Waals surface area contributed by atoms with Gasteiger partial charge < -0.3 is 13.2 Å². The van der Waals surface area contributed by atoms with Gasteiger partial charge in [-0.2, -0.15) is 60.7 Å². The molecule has 0 radical (unpaired) electrons. The number of hydrogen-bond acceptors (Lipinski definition) is 7.